The molecular formula is C17H19N3O5S. The first-order chi connectivity index (χ1) is 12.5. The molecule has 0 aliphatic rings. The average Bonchev–Trinajstić information content (AvgIpc) is 3.09. The van der Waals surface area contributed by atoms with Gasteiger partial charge in [-0.1, -0.05) is 31.5 Å². The molecule has 1 heterocycles. The molecule has 0 aliphatic carbocycles. The summed E-state index contributed by atoms with van der Waals surface area (Å²) in [5, 5.41) is 13.2. The number of benzene rings is 1. The molecule has 2 aromatic rings. The smallest absolute Gasteiger partial charge is 0.345 e. The Balaban J connectivity index is 1.99. The molecule has 1 aromatic heterocycles. The summed E-state index contributed by atoms with van der Waals surface area (Å²) in [6.45, 7) is 2.42. The van der Waals surface area contributed by atoms with Crippen molar-refractivity contribution >= 4 is 33.3 Å². The topological polar surface area (TPSA) is 111 Å². The number of anilines is 1. The molecule has 1 N–H and O–H groups in total. The highest BCUT2D eigenvalue weighted by atomic mass is 32.1. The molecule has 0 bridgehead atoms. The molecule has 0 aliphatic heterocycles. The Morgan fingerprint density at radius 2 is 2.12 bits per heavy atom. The zero-order chi connectivity index (χ0) is 18.9. The highest BCUT2D eigenvalue weighted by Gasteiger charge is 2.17. The van der Waals surface area contributed by atoms with Crippen molar-refractivity contribution in [1.29, 1.82) is 0 Å². The van der Waals surface area contributed by atoms with Crippen molar-refractivity contribution in [3.63, 3.8) is 0 Å². The van der Waals surface area contributed by atoms with Crippen LogP contribution >= 0.6 is 11.3 Å². The van der Waals surface area contributed by atoms with Gasteiger partial charge in [-0.05, 0) is 35.8 Å². The van der Waals surface area contributed by atoms with Gasteiger partial charge in [0.25, 0.3) is 5.91 Å². The van der Waals surface area contributed by atoms with Gasteiger partial charge in [0.1, 0.15) is 6.20 Å². The first-order valence-electron chi connectivity index (χ1n) is 8.16. The van der Waals surface area contributed by atoms with Gasteiger partial charge in [0.05, 0.1) is 11.5 Å². The Labute approximate surface area is 154 Å². The fourth-order valence-electron chi connectivity index (χ4n) is 2.17. The van der Waals surface area contributed by atoms with Crippen molar-refractivity contribution in [2.75, 3.05) is 11.9 Å². The molecule has 0 atom stereocenters. The van der Waals surface area contributed by atoms with Crippen LogP contribution in [0, 0.1) is 10.1 Å². The molecule has 0 saturated carbocycles. The maximum absolute atomic E-state index is 12.4. The van der Waals surface area contributed by atoms with E-state index >= 15 is 0 Å². The molecule has 0 unspecified atom stereocenters. The highest BCUT2D eigenvalue weighted by molar-refractivity contribution is 7.18. The molecule has 1 aromatic carbocycles. The number of amides is 1. The largest absolute Gasteiger partial charge is 0.466 e. The molecule has 8 nitrogen and oxygen atoms in total. The Morgan fingerprint density at radius 1 is 1.35 bits per heavy atom. The number of nitrogens with one attached hydrogen (secondary N) is 1. The Kier molecular flexibility index (Phi) is 7.22. The second-order valence-electron chi connectivity index (χ2n) is 5.45. The number of thiazole rings is 1. The second kappa shape index (κ2) is 9.62. The van der Waals surface area contributed by atoms with Gasteiger partial charge >= 0.3 is 11.0 Å². The summed E-state index contributed by atoms with van der Waals surface area (Å²) in [6, 6.07) is 6.89. The first-order valence-corrected chi connectivity index (χ1v) is 8.98. The van der Waals surface area contributed by atoms with Gasteiger partial charge < -0.3 is 4.74 Å². The average molecular weight is 377 g/mol. The zero-order valence-corrected chi connectivity index (χ0v) is 15.1. The lowest BCUT2D eigenvalue weighted by Crippen LogP contribution is -2.15. The fraction of sp³-hybridized carbons (Fsp3) is 0.353. The third-order valence-corrected chi connectivity index (χ3v) is 4.38. The molecule has 0 fully saturated rings. The number of nitro groups is 1. The molecule has 0 spiro atoms. The number of carbonyl (C=O) groups excluding carboxylic acids is 2. The summed E-state index contributed by atoms with van der Waals surface area (Å²) in [7, 11) is 0. The number of hydrogen-bond acceptors (Lipinski definition) is 7. The van der Waals surface area contributed by atoms with Crippen LogP contribution < -0.4 is 5.32 Å². The third kappa shape index (κ3) is 5.62. The number of rotatable bonds is 9. The third-order valence-electron chi connectivity index (χ3n) is 3.52. The normalized spacial score (nSPS) is 10.3. The van der Waals surface area contributed by atoms with Crippen LogP contribution in [0.3, 0.4) is 0 Å². The number of unbranched alkanes of at least 4 members (excludes halogenated alkanes) is 1. The number of hydrogen-bond donors (Lipinski definition) is 1. The molecule has 1 amide bonds. The van der Waals surface area contributed by atoms with Gasteiger partial charge in [0.15, 0.2) is 5.13 Å². The summed E-state index contributed by atoms with van der Waals surface area (Å²) in [5.74, 6) is -0.728. The number of esters is 1. The number of aryl methyl sites for hydroxylation is 1. The highest BCUT2D eigenvalue weighted by Crippen LogP contribution is 2.25. The number of ether oxygens (including phenoxy) is 1. The molecule has 2 rings (SSSR count). The quantitative estimate of drug-likeness (QED) is 0.309. The van der Waals surface area contributed by atoms with Crippen molar-refractivity contribution in [2.24, 2.45) is 0 Å². The zero-order valence-electron chi connectivity index (χ0n) is 14.3. The lowest BCUT2D eigenvalue weighted by molar-refractivity contribution is -0.380. The minimum absolute atomic E-state index is 0.149. The summed E-state index contributed by atoms with van der Waals surface area (Å²) < 4.78 is 5.11. The van der Waals surface area contributed by atoms with E-state index in [-0.39, 0.29) is 22.5 Å². The maximum Gasteiger partial charge on any atom is 0.345 e. The lowest BCUT2D eigenvalue weighted by Gasteiger charge is -2.09. The first kappa shape index (κ1) is 19.5. The van der Waals surface area contributed by atoms with Crippen LogP contribution in [0.5, 0.6) is 0 Å². The summed E-state index contributed by atoms with van der Waals surface area (Å²) >= 11 is 0.783. The SMILES string of the molecule is CCCCOC(=O)CCc1ccccc1C(=O)Nc1ncc([N+](=O)[O-])s1. The van der Waals surface area contributed by atoms with Crippen LogP contribution in [-0.2, 0) is 16.0 Å². The van der Waals surface area contributed by atoms with Crippen molar-refractivity contribution < 1.29 is 19.2 Å². The lowest BCUT2D eigenvalue weighted by atomic mass is 10.0. The minimum Gasteiger partial charge on any atom is -0.466 e. The van der Waals surface area contributed by atoms with Crippen LogP contribution in [0.25, 0.3) is 0 Å². The van der Waals surface area contributed by atoms with Crippen LogP contribution in [0.4, 0.5) is 10.1 Å². The van der Waals surface area contributed by atoms with E-state index in [2.05, 4.69) is 10.3 Å². The van der Waals surface area contributed by atoms with E-state index in [0.29, 0.717) is 24.2 Å². The van der Waals surface area contributed by atoms with E-state index in [4.69, 9.17) is 4.74 Å². The fourth-order valence-corrected chi connectivity index (χ4v) is 2.80. The Hall–Kier alpha value is -2.81. The van der Waals surface area contributed by atoms with Gasteiger partial charge in [0, 0.05) is 12.0 Å². The molecule has 138 valence electrons. The van der Waals surface area contributed by atoms with Crippen molar-refractivity contribution in [2.45, 2.75) is 32.6 Å². The molecule has 9 heteroatoms. The molecular weight excluding hydrogens is 358 g/mol. The van der Waals surface area contributed by atoms with Crippen molar-refractivity contribution in [3.8, 4) is 0 Å². The van der Waals surface area contributed by atoms with Crippen LogP contribution in [-0.4, -0.2) is 28.4 Å². The van der Waals surface area contributed by atoms with Crippen LogP contribution in [0.2, 0.25) is 0 Å². The van der Waals surface area contributed by atoms with Gasteiger partial charge in [0.2, 0.25) is 0 Å². The maximum atomic E-state index is 12.4. The molecule has 0 radical (unpaired) electrons. The molecule has 26 heavy (non-hydrogen) atoms. The summed E-state index contributed by atoms with van der Waals surface area (Å²) in [4.78, 5) is 38.1. The van der Waals surface area contributed by atoms with Gasteiger partial charge in [-0.25, -0.2) is 4.98 Å². The monoisotopic (exact) mass is 377 g/mol. The second-order valence-corrected chi connectivity index (χ2v) is 6.46. The van der Waals surface area contributed by atoms with Crippen LogP contribution in [0.1, 0.15) is 42.1 Å². The Bertz CT molecular complexity index is 790. The van der Waals surface area contributed by atoms with E-state index in [1.807, 2.05) is 6.92 Å². The number of carbonyl (C=O) groups is 2. The van der Waals surface area contributed by atoms with E-state index < -0.39 is 10.8 Å². The van der Waals surface area contributed by atoms with E-state index in [1.165, 1.54) is 0 Å². The summed E-state index contributed by atoms with van der Waals surface area (Å²) in [6.07, 6.45) is 3.41. The van der Waals surface area contributed by atoms with Crippen molar-refractivity contribution in [1.82, 2.24) is 4.98 Å². The van der Waals surface area contributed by atoms with Gasteiger partial charge in [-0.3, -0.25) is 25.0 Å². The van der Waals surface area contributed by atoms with Crippen molar-refractivity contribution in [3.05, 3.63) is 51.7 Å². The Morgan fingerprint density at radius 3 is 2.81 bits per heavy atom. The number of nitrogens with zero attached hydrogens (tertiary/aromatic N) is 2. The summed E-state index contributed by atoms with van der Waals surface area (Å²) in [5.41, 5.74) is 1.09. The van der Waals surface area contributed by atoms with Gasteiger partial charge in [-0.2, -0.15) is 0 Å². The van der Waals surface area contributed by atoms with Gasteiger partial charge in [-0.15, -0.1) is 0 Å². The standard InChI is InChI=1S/C17H19N3O5S/c1-2-3-10-25-15(21)9-8-12-6-4-5-7-13(12)16(22)19-17-18-11-14(26-17)20(23)24/h4-7,11H,2-3,8-10H2,1H3,(H,18,19,22). The molecule has 0 saturated heterocycles. The van der Waals surface area contributed by atoms with E-state index in [1.54, 1.807) is 24.3 Å². The van der Waals surface area contributed by atoms with E-state index in [9.17, 15) is 19.7 Å². The number of aromatic nitrogens is 1. The predicted octanol–water partition coefficient (Wildman–Crippen LogP) is 3.58. The van der Waals surface area contributed by atoms with Crippen LogP contribution in [0.15, 0.2) is 30.5 Å². The minimum atomic E-state index is -0.564. The predicted molar refractivity (Wildman–Crippen MR) is 97.4 cm³/mol. The van der Waals surface area contributed by atoms with E-state index in [0.717, 1.165) is 30.4 Å².